The van der Waals surface area contributed by atoms with Crippen LogP contribution in [0.3, 0.4) is 0 Å². The number of benzene rings is 1. The Balaban J connectivity index is 2.13. The maximum atomic E-state index is 12.3. The van der Waals surface area contributed by atoms with Crippen LogP contribution < -0.4 is 10.6 Å². The van der Waals surface area contributed by atoms with Gasteiger partial charge in [-0.3, -0.25) is 0 Å². The standard InChI is InChI=1S/C18H29N3O2S2/c1-12-7-6-8-16(14(12)3)19-18(24)20-17-11-15(10-9-13(17)2)25(22,23)21(4)5/h9-12,14,16H,6-8H2,1-5H3,(H2,19,20,24)/t12-,14-,16+/m0/s1. The summed E-state index contributed by atoms with van der Waals surface area (Å²) in [5.74, 6) is 1.25. The Morgan fingerprint density at radius 2 is 1.92 bits per heavy atom. The average Bonchev–Trinajstić information content (AvgIpc) is 2.53. The lowest BCUT2D eigenvalue weighted by molar-refractivity contribution is 0.225. The predicted octanol–water partition coefficient (Wildman–Crippen LogP) is 3.36. The summed E-state index contributed by atoms with van der Waals surface area (Å²) in [6.07, 6.45) is 3.59. The molecule has 25 heavy (non-hydrogen) atoms. The van der Waals surface area contributed by atoms with E-state index in [9.17, 15) is 8.42 Å². The molecule has 1 aromatic carbocycles. The molecule has 2 N–H and O–H groups in total. The van der Waals surface area contributed by atoms with E-state index in [1.54, 1.807) is 18.2 Å². The summed E-state index contributed by atoms with van der Waals surface area (Å²) in [5.41, 5.74) is 1.67. The van der Waals surface area contributed by atoms with Crippen LogP contribution in [0.1, 0.15) is 38.7 Å². The number of anilines is 1. The van der Waals surface area contributed by atoms with Crippen molar-refractivity contribution in [1.82, 2.24) is 9.62 Å². The number of sulfonamides is 1. The third kappa shape index (κ3) is 4.71. The Labute approximate surface area is 157 Å². The van der Waals surface area contributed by atoms with Crippen molar-refractivity contribution in [3.05, 3.63) is 23.8 Å². The molecule has 5 nitrogen and oxygen atoms in total. The average molecular weight is 384 g/mol. The van der Waals surface area contributed by atoms with Crippen LogP contribution in [0.2, 0.25) is 0 Å². The molecule has 0 aliphatic heterocycles. The highest BCUT2D eigenvalue weighted by Crippen LogP contribution is 2.29. The van der Waals surface area contributed by atoms with Crippen molar-refractivity contribution in [3.63, 3.8) is 0 Å². The van der Waals surface area contributed by atoms with Gasteiger partial charge in [0.2, 0.25) is 10.0 Å². The van der Waals surface area contributed by atoms with Gasteiger partial charge in [-0.2, -0.15) is 0 Å². The molecule has 0 radical (unpaired) electrons. The highest BCUT2D eigenvalue weighted by molar-refractivity contribution is 7.89. The van der Waals surface area contributed by atoms with Crippen molar-refractivity contribution in [2.24, 2.45) is 11.8 Å². The Hall–Kier alpha value is -1.18. The lowest BCUT2D eigenvalue weighted by Gasteiger charge is -2.35. The number of aryl methyl sites for hydroxylation is 1. The molecular weight excluding hydrogens is 354 g/mol. The fraction of sp³-hybridized carbons (Fsp3) is 0.611. The van der Waals surface area contributed by atoms with Gasteiger partial charge >= 0.3 is 0 Å². The zero-order valence-electron chi connectivity index (χ0n) is 15.7. The van der Waals surface area contributed by atoms with Crippen LogP contribution in [0.15, 0.2) is 23.1 Å². The van der Waals surface area contributed by atoms with E-state index >= 15 is 0 Å². The van der Waals surface area contributed by atoms with Crippen LogP contribution in [0.25, 0.3) is 0 Å². The molecule has 0 bridgehead atoms. The first-order chi connectivity index (χ1) is 11.6. The van der Waals surface area contributed by atoms with Gasteiger partial charge in [-0.05, 0) is 55.1 Å². The normalized spacial score (nSPS) is 24.2. The molecule has 1 aromatic rings. The molecule has 0 spiro atoms. The second-order valence-corrected chi connectivity index (χ2v) is 9.80. The van der Waals surface area contributed by atoms with E-state index in [0.717, 1.165) is 17.7 Å². The topological polar surface area (TPSA) is 61.4 Å². The van der Waals surface area contributed by atoms with Crippen molar-refractivity contribution >= 4 is 33.0 Å². The Morgan fingerprint density at radius 3 is 2.56 bits per heavy atom. The lowest BCUT2D eigenvalue weighted by atomic mass is 9.78. The smallest absolute Gasteiger partial charge is 0.242 e. The number of hydrogen-bond donors (Lipinski definition) is 2. The van der Waals surface area contributed by atoms with E-state index < -0.39 is 10.0 Å². The molecule has 0 aromatic heterocycles. The van der Waals surface area contributed by atoms with Crippen molar-refractivity contribution in [2.75, 3.05) is 19.4 Å². The number of thiocarbonyl (C=S) groups is 1. The van der Waals surface area contributed by atoms with E-state index in [-0.39, 0.29) is 4.90 Å². The SMILES string of the molecule is Cc1ccc(S(=O)(=O)N(C)C)cc1NC(=S)N[C@@H]1CCC[C@H](C)[C@@H]1C. The molecule has 1 aliphatic rings. The first kappa shape index (κ1) is 20.1. The summed E-state index contributed by atoms with van der Waals surface area (Å²) in [7, 11) is -0.410. The summed E-state index contributed by atoms with van der Waals surface area (Å²) < 4.78 is 25.9. The maximum absolute atomic E-state index is 12.3. The summed E-state index contributed by atoms with van der Waals surface area (Å²) in [4.78, 5) is 0.257. The Bertz CT molecular complexity index is 732. The van der Waals surface area contributed by atoms with Gasteiger partial charge in [-0.25, -0.2) is 12.7 Å². The monoisotopic (exact) mass is 383 g/mol. The predicted molar refractivity (Wildman–Crippen MR) is 107 cm³/mol. The molecule has 0 heterocycles. The number of nitrogens with one attached hydrogen (secondary N) is 2. The van der Waals surface area contributed by atoms with Crippen LogP contribution in [0.5, 0.6) is 0 Å². The second-order valence-electron chi connectivity index (χ2n) is 7.24. The number of rotatable bonds is 4. The molecule has 2 rings (SSSR count). The minimum absolute atomic E-state index is 0.257. The van der Waals surface area contributed by atoms with Gasteiger partial charge in [0.1, 0.15) is 0 Å². The van der Waals surface area contributed by atoms with Crippen molar-refractivity contribution in [3.8, 4) is 0 Å². The first-order valence-corrected chi connectivity index (χ1v) is 10.6. The van der Waals surface area contributed by atoms with Crippen molar-refractivity contribution in [2.45, 2.75) is 51.0 Å². The van der Waals surface area contributed by atoms with Crippen LogP contribution >= 0.6 is 12.2 Å². The second kappa shape index (κ2) is 8.01. The highest BCUT2D eigenvalue weighted by Gasteiger charge is 2.27. The summed E-state index contributed by atoms with van der Waals surface area (Å²) >= 11 is 5.47. The molecule has 1 saturated carbocycles. The van der Waals surface area contributed by atoms with Gasteiger partial charge < -0.3 is 10.6 Å². The molecule has 0 saturated heterocycles. The van der Waals surface area contributed by atoms with Crippen LogP contribution in [-0.4, -0.2) is 38.0 Å². The van der Waals surface area contributed by atoms with E-state index in [0.29, 0.717) is 23.0 Å². The van der Waals surface area contributed by atoms with Gasteiger partial charge in [0.25, 0.3) is 0 Å². The molecule has 140 valence electrons. The Kier molecular flexibility index (Phi) is 6.45. The highest BCUT2D eigenvalue weighted by atomic mass is 32.2. The summed E-state index contributed by atoms with van der Waals surface area (Å²) in [6, 6.07) is 5.42. The van der Waals surface area contributed by atoms with Gasteiger partial charge in [-0.1, -0.05) is 32.8 Å². The van der Waals surface area contributed by atoms with Gasteiger partial charge in [-0.15, -0.1) is 0 Å². The minimum atomic E-state index is -3.47. The largest absolute Gasteiger partial charge is 0.359 e. The van der Waals surface area contributed by atoms with Gasteiger partial charge in [0.05, 0.1) is 4.90 Å². The third-order valence-electron chi connectivity index (χ3n) is 5.26. The molecule has 1 aliphatic carbocycles. The minimum Gasteiger partial charge on any atom is -0.359 e. The van der Waals surface area contributed by atoms with E-state index in [2.05, 4.69) is 24.5 Å². The summed E-state index contributed by atoms with van der Waals surface area (Å²) in [5, 5.41) is 7.15. The molecule has 0 amide bonds. The molecule has 7 heteroatoms. The van der Waals surface area contributed by atoms with Crippen LogP contribution in [0, 0.1) is 18.8 Å². The fourth-order valence-corrected chi connectivity index (χ4v) is 4.41. The molecule has 3 atom stereocenters. The molecule has 1 fully saturated rings. The first-order valence-electron chi connectivity index (χ1n) is 8.73. The Morgan fingerprint density at radius 1 is 1.24 bits per heavy atom. The third-order valence-corrected chi connectivity index (χ3v) is 7.29. The van der Waals surface area contributed by atoms with Gasteiger partial charge in [0.15, 0.2) is 5.11 Å². The molecule has 0 unspecified atom stereocenters. The van der Waals surface area contributed by atoms with Crippen molar-refractivity contribution in [1.29, 1.82) is 0 Å². The number of hydrogen-bond acceptors (Lipinski definition) is 3. The lowest BCUT2D eigenvalue weighted by Crippen LogP contribution is -2.45. The zero-order chi connectivity index (χ0) is 18.8. The van der Waals surface area contributed by atoms with Gasteiger partial charge in [0, 0.05) is 25.8 Å². The van der Waals surface area contributed by atoms with E-state index in [1.165, 1.54) is 31.2 Å². The van der Waals surface area contributed by atoms with Crippen LogP contribution in [0.4, 0.5) is 5.69 Å². The molecular formula is C18H29N3O2S2. The quantitative estimate of drug-likeness (QED) is 0.781. The zero-order valence-corrected chi connectivity index (χ0v) is 17.3. The van der Waals surface area contributed by atoms with E-state index in [4.69, 9.17) is 12.2 Å². The van der Waals surface area contributed by atoms with Crippen LogP contribution in [-0.2, 0) is 10.0 Å². The fourth-order valence-electron chi connectivity index (χ4n) is 3.22. The van der Waals surface area contributed by atoms with Crippen molar-refractivity contribution < 1.29 is 8.42 Å². The summed E-state index contributed by atoms with van der Waals surface area (Å²) in [6.45, 7) is 6.48. The number of nitrogens with zero attached hydrogens (tertiary/aromatic N) is 1. The maximum Gasteiger partial charge on any atom is 0.242 e. The van der Waals surface area contributed by atoms with E-state index in [1.807, 2.05) is 6.92 Å².